The second-order valence-electron chi connectivity index (χ2n) is 2.51. The highest BCUT2D eigenvalue weighted by molar-refractivity contribution is 7.87. The molecule has 9 heteroatoms. The zero-order chi connectivity index (χ0) is 12.3. The Kier molecular flexibility index (Phi) is 4.50. The summed E-state index contributed by atoms with van der Waals surface area (Å²) in [7, 11) is -5.86. The van der Waals surface area contributed by atoms with E-state index in [0.29, 0.717) is 0 Å². The van der Waals surface area contributed by atoms with Crippen LogP contribution in [0.15, 0.2) is 0 Å². The van der Waals surface area contributed by atoms with Crippen LogP contribution in [0.3, 0.4) is 0 Å². The van der Waals surface area contributed by atoms with Crippen LogP contribution in [0.2, 0.25) is 0 Å². The lowest BCUT2D eigenvalue weighted by Gasteiger charge is -2.14. The van der Waals surface area contributed by atoms with Crippen LogP contribution >= 0.6 is 0 Å². The molecule has 1 atom stereocenters. The van der Waals surface area contributed by atoms with Gasteiger partial charge in [-0.05, 0) is 6.92 Å². The van der Waals surface area contributed by atoms with Crippen molar-refractivity contribution in [1.82, 2.24) is 0 Å². The van der Waals surface area contributed by atoms with Gasteiger partial charge in [0.2, 0.25) is 0 Å². The lowest BCUT2D eigenvalue weighted by Crippen LogP contribution is -2.36. The van der Waals surface area contributed by atoms with E-state index in [1.807, 2.05) is 0 Å². The van der Waals surface area contributed by atoms with Crippen molar-refractivity contribution in [3.8, 4) is 0 Å². The molecule has 0 saturated heterocycles. The number of rotatable bonds is 4. The van der Waals surface area contributed by atoms with Gasteiger partial charge in [-0.15, -0.1) is 3.89 Å². The molecule has 0 bridgehead atoms. The molecule has 0 aromatic rings. The predicted octanol–water partition coefficient (Wildman–Crippen LogP) is 1.17. The average molecular weight is 252 g/mol. The Balaban J connectivity index is 4.78. The van der Waals surface area contributed by atoms with Crippen molar-refractivity contribution in [3.05, 3.63) is 0 Å². The largest absolute Gasteiger partial charge is 0.466 e. The third-order valence-electron chi connectivity index (χ3n) is 1.36. The lowest BCUT2D eigenvalue weighted by molar-refractivity contribution is -0.155. The van der Waals surface area contributed by atoms with Crippen molar-refractivity contribution in [2.45, 2.75) is 24.8 Å². The highest BCUT2D eigenvalue weighted by atomic mass is 32.3. The summed E-state index contributed by atoms with van der Waals surface area (Å²) in [4.78, 5) is 10.6. The van der Waals surface area contributed by atoms with Crippen LogP contribution in [0.25, 0.3) is 0 Å². The molecule has 0 aromatic carbocycles. The minimum Gasteiger partial charge on any atom is -0.466 e. The highest BCUT2D eigenvalue weighted by Gasteiger charge is 2.50. The molecular formula is C6H8F4O4S. The lowest BCUT2D eigenvalue weighted by atomic mass is 10.3. The van der Waals surface area contributed by atoms with Crippen molar-refractivity contribution in [2.24, 2.45) is 0 Å². The summed E-state index contributed by atoms with van der Waals surface area (Å²) in [5.41, 5.74) is 0. The Hall–Kier alpha value is -0.860. The average Bonchev–Trinajstić information content (AvgIpc) is 1.96. The molecule has 0 aromatic heterocycles. The smallest absolute Gasteiger partial charge is 0.408 e. The third-order valence-corrected chi connectivity index (χ3v) is 2.48. The molecule has 0 rings (SSSR count). The van der Waals surface area contributed by atoms with Gasteiger partial charge >= 0.3 is 22.4 Å². The normalized spacial score (nSPS) is 14.7. The molecule has 0 aliphatic carbocycles. The molecule has 0 saturated carbocycles. The Bertz CT molecular complexity index is 321. The summed E-state index contributed by atoms with van der Waals surface area (Å²) in [6.07, 6.45) is -6.91. The van der Waals surface area contributed by atoms with E-state index in [1.54, 1.807) is 0 Å². The van der Waals surface area contributed by atoms with Gasteiger partial charge in [-0.1, -0.05) is 0 Å². The second-order valence-corrected chi connectivity index (χ2v) is 4.04. The standard InChI is InChI=1S/C6H8F4O4S/c1-2-14-5(11)3-4(6(7,8)9)15(10,12)13/h4H,2-3H2,1H3. The first-order valence-electron chi connectivity index (χ1n) is 3.74. The Labute approximate surface area is 83.4 Å². The van der Waals surface area contributed by atoms with Gasteiger partial charge in [0.15, 0.2) is 5.25 Å². The number of carbonyl (C=O) groups excluding carboxylic acids is 1. The summed E-state index contributed by atoms with van der Waals surface area (Å²) >= 11 is 0. The molecule has 0 radical (unpaired) electrons. The molecule has 0 aliphatic heterocycles. The van der Waals surface area contributed by atoms with Crippen LogP contribution < -0.4 is 0 Å². The summed E-state index contributed by atoms with van der Waals surface area (Å²) in [5, 5.41) is -3.36. The monoisotopic (exact) mass is 252 g/mol. The molecule has 4 nitrogen and oxygen atoms in total. The molecule has 0 fully saturated rings. The van der Waals surface area contributed by atoms with E-state index >= 15 is 0 Å². The Morgan fingerprint density at radius 3 is 2.13 bits per heavy atom. The fourth-order valence-corrected chi connectivity index (χ4v) is 1.40. The maximum absolute atomic E-state index is 12.2. The first kappa shape index (κ1) is 14.1. The van der Waals surface area contributed by atoms with Crippen molar-refractivity contribution in [2.75, 3.05) is 6.61 Å². The number of hydrogen-bond acceptors (Lipinski definition) is 4. The molecule has 0 amide bonds. The highest BCUT2D eigenvalue weighted by Crippen LogP contribution is 2.29. The summed E-state index contributed by atoms with van der Waals surface area (Å²) in [6.45, 7) is 1.11. The zero-order valence-electron chi connectivity index (χ0n) is 7.54. The fraction of sp³-hybridized carbons (Fsp3) is 0.833. The van der Waals surface area contributed by atoms with Crippen molar-refractivity contribution in [1.29, 1.82) is 0 Å². The topological polar surface area (TPSA) is 60.4 Å². The van der Waals surface area contributed by atoms with E-state index in [-0.39, 0.29) is 6.61 Å². The molecule has 90 valence electrons. The second kappa shape index (κ2) is 4.77. The number of halogens is 4. The molecule has 0 aliphatic rings. The fourth-order valence-electron chi connectivity index (χ4n) is 0.746. The van der Waals surface area contributed by atoms with E-state index in [9.17, 15) is 30.3 Å². The number of hydrogen-bond donors (Lipinski definition) is 0. The number of esters is 1. The maximum Gasteiger partial charge on any atom is 0.408 e. The minimum atomic E-state index is -5.86. The SMILES string of the molecule is CCOC(=O)CC(C(F)(F)F)S(=O)(=O)F. The van der Waals surface area contributed by atoms with Crippen LogP contribution in [0, 0.1) is 0 Å². The summed E-state index contributed by atoms with van der Waals surface area (Å²) in [6, 6.07) is 0. The van der Waals surface area contributed by atoms with Gasteiger partial charge in [0.05, 0.1) is 13.0 Å². The van der Waals surface area contributed by atoms with E-state index in [0.717, 1.165) is 0 Å². The van der Waals surface area contributed by atoms with E-state index in [2.05, 4.69) is 4.74 Å². The molecule has 1 unspecified atom stereocenters. The quantitative estimate of drug-likeness (QED) is 0.428. The van der Waals surface area contributed by atoms with Crippen LogP contribution in [0.4, 0.5) is 17.1 Å². The summed E-state index contributed by atoms with van der Waals surface area (Å²) < 4.78 is 72.5. The van der Waals surface area contributed by atoms with Crippen LogP contribution in [-0.4, -0.2) is 32.4 Å². The molecule has 0 heterocycles. The minimum absolute atomic E-state index is 0.213. The molecule has 0 N–H and O–H groups in total. The predicted molar refractivity (Wildman–Crippen MR) is 41.1 cm³/mol. The van der Waals surface area contributed by atoms with Crippen LogP contribution in [0.1, 0.15) is 13.3 Å². The van der Waals surface area contributed by atoms with Crippen molar-refractivity contribution >= 4 is 16.2 Å². The van der Waals surface area contributed by atoms with E-state index in [4.69, 9.17) is 0 Å². The first-order chi connectivity index (χ1) is 6.59. The number of ether oxygens (including phenoxy) is 1. The van der Waals surface area contributed by atoms with Crippen molar-refractivity contribution < 1.29 is 35.0 Å². The Morgan fingerprint density at radius 1 is 1.40 bits per heavy atom. The van der Waals surface area contributed by atoms with Crippen LogP contribution in [-0.2, 0) is 19.8 Å². The van der Waals surface area contributed by atoms with Crippen LogP contribution in [0.5, 0.6) is 0 Å². The number of alkyl halides is 3. The van der Waals surface area contributed by atoms with Crippen molar-refractivity contribution in [3.63, 3.8) is 0 Å². The third kappa shape index (κ3) is 4.96. The van der Waals surface area contributed by atoms with Gasteiger partial charge in [-0.3, -0.25) is 4.79 Å². The molecular weight excluding hydrogens is 244 g/mol. The maximum atomic E-state index is 12.2. The zero-order valence-corrected chi connectivity index (χ0v) is 8.36. The van der Waals surface area contributed by atoms with Gasteiger partial charge < -0.3 is 4.74 Å². The van der Waals surface area contributed by atoms with E-state index < -0.39 is 34.0 Å². The van der Waals surface area contributed by atoms with Gasteiger partial charge in [0.25, 0.3) is 0 Å². The number of carbonyl (C=O) groups is 1. The summed E-state index contributed by atoms with van der Waals surface area (Å²) in [5.74, 6) is -1.42. The van der Waals surface area contributed by atoms with Gasteiger partial charge in [0, 0.05) is 0 Å². The molecule has 15 heavy (non-hydrogen) atoms. The van der Waals surface area contributed by atoms with Gasteiger partial charge in [-0.2, -0.15) is 21.6 Å². The van der Waals surface area contributed by atoms with Gasteiger partial charge in [-0.25, -0.2) is 0 Å². The first-order valence-corrected chi connectivity index (χ1v) is 5.19. The Morgan fingerprint density at radius 2 is 1.87 bits per heavy atom. The van der Waals surface area contributed by atoms with E-state index in [1.165, 1.54) is 6.92 Å². The molecule has 0 spiro atoms. The van der Waals surface area contributed by atoms with Gasteiger partial charge in [0.1, 0.15) is 0 Å².